The first-order valence-electron chi connectivity index (χ1n) is 7.51. The van der Waals surface area contributed by atoms with Crippen molar-refractivity contribution in [3.63, 3.8) is 0 Å². The van der Waals surface area contributed by atoms with Gasteiger partial charge in [-0.3, -0.25) is 19.4 Å². The van der Waals surface area contributed by atoms with Crippen LogP contribution in [0.5, 0.6) is 0 Å². The van der Waals surface area contributed by atoms with E-state index in [0.717, 1.165) is 47.9 Å². The van der Waals surface area contributed by atoms with Crippen LogP contribution in [0.25, 0.3) is 0 Å². The first-order valence-corrected chi connectivity index (χ1v) is 9.32. The van der Waals surface area contributed by atoms with Crippen LogP contribution in [0.1, 0.15) is 33.6 Å². The van der Waals surface area contributed by atoms with Crippen molar-refractivity contribution < 1.29 is 9.59 Å². The molecule has 11 heteroatoms. The van der Waals surface area contributed by atoms with E-state index in [1.54, 1.807) is 0 Å². The second kappa shape index (κ2) is 7.23. The van der Waals surface area contributed by atoms with Gasteiger partial charge in [0.15, 0.2) is 5.03 Å². The average molecular weight is 381 g/mol. The van der Waals surface area contributed by atoms with Gasteiger partial charge in [0.2, 0.25) is 5.91 Å². The fraction of sp³-hybridized carbons (Fsp3) is 0.357. The number of nitrogens with one attached hydrogen (secondary N) is 3. The van der Waals surface area contributed by atoms with Crippen molar-refractivity contribution in [2.45, 2.75) is 30.7 Å². The van der Waals surface area contributed by atoms with Crippen molar-refractivity contribution in [1.82, 2.24) is 15.2 Å². The molecule has 2 aromatic heterocycles. The Bertz CT molecular complexity index is 945. The van der Waals surface area contributed by atoms with Crippen LogP contribution in [0.4, 0.5) is 5.00 Å². The number of aryl methyl sites for hydroxylation is 1. The Morgan fingerprint density at radius 1 is 1.28 bits per heavy atom. The van der Waals surface area contributed by atoms with Gasteiger partial charge in [0.05, 0.1) is 11.3 Å². The SMILES string of the molecule is NC(=O)c1c(NC(=O)CSc2n[nH]c(=O)[nH]c2=O)sc2c1CCCC2. The van der Waals surface area contributed by atoms with Crippen LogP contribution in [-0.4, -0.2) is 32.7 Å². The van der Waals surface area contributed by atoms with Gasteiger partial charge in [-0.2, -0.15) is 5.10 Å². The summed E-state index contributed by atoms with van der Waals surface area (Å²) in [5.41, 5.74) is 5.43. The molecule has 0 unspecified atom stereocenters. The van der Waals surface area contributed by atoms with Crippen molar-refractivity contribution in [2.75, 3.05) is 11.1 Å². The number of aromatic amines is 2. The first kappa shape index (κ1) is 17.4. The Hall–Kier alpha value is -2.40. The molecule has 0 radical (unpaired) electrons. The molecule has 0 saturated heterocycles. The number of thiophene rings is 1. The summed E-state index contributed by atoms with van der Waals surface area (Å²) in [6.07, 6.45) is 3.70. The van der Waals surface area contributed by atoms with Gasteiger partial charge < -0.3 is 11.1 Å². The molecule has 5 N–H and O–H groups in total. The lowest BCUT2D eigenvalue weighted by Gasteiger charge is -2.11. The number of carbonyl (C=O) groups is 2. The number of aromatic nitrogens is 3. The van der Waals surface area contributed by atoms with Gasteiger partial charge in [-0.15, -0.1) is 11.3 Å². The Morgan fingerprint density at radius 2 is 2.04 bits per heavy atom. The summed E-state index contributed by atoms with van der Waals surface area (Å²) in [7, 11) is 0. The topological polar surface area (TPSA) is 151 Å². The van der Waals surface area contributed by atoms with E-state index in [1.807, 2.05) is 4.98 Å². The van der Waals surface area contributed by atoms with Crippen LogP contribution < -0.4 is 22.3 Å². The Kier molecular flexibility index (Phi) is 5.04. The van der Waals surface area contributed by atoms with Gasteiger partial charge >= 0.3 is 5.69 Å². The van der Waals surface area contributed by atoms with E-state index in [4.69, 9.17) is 5.73 Å². The minimum Gasteiger partial charge on any atom is -0.365 e. The van der Waals surface area contributed by atoms with Crippen molar-refractivity contribution >= 4 is 39.9 Å². The number of nitrogens with two attached hydrogens (primary N) is 1. The van der Waals surface area contributed by atoms with E-state index >= 15 is 0 Å². The highest BCUT2D eigenvalue weighted by Gasteiger charge is 2.25. The van der Waals surface area contributed by atoms with Crippen LogP contribution >= 0.6 is 23.1 Å². The third-order valence-electron chi connectivity index (χ3n) is 3.69. The van der Waals surface area contributed by atoms with E-state index in [2.05, 4.69) is 15.5 Å². The van der Waals surface area contributed by atoms with Crippen molar-refractivity contribution in [3.8, 4) is 0 Å². The second-order valence-electron chi connectivity index (χ2n) is 5.43. The fourth-order valence-corrected chi connectivity index (χ4v) is 4.59. The molecule has 132 valence electrons. The minimum atomic E-state index is -0.714. The van der Waals surface area contributed by atoms with E-state index in [9.17, 15) is 19.2 Å². The molecule has 9 nitrogen and oxygen atoms in total. The number of fused-ring (bicyclic) bond motifs is 1. The lowest BCUT2D eigenvalue weighted by atomic mass is 9.95. The zero-order chi connectivity index (χ0) is 18.0. The molecule has 3 rings (SSSR count). The third-order valence-corrected chi connectivity index (χ3v) is 5.85. The monoisotopic (exact) mass is 381 g/mol. The standard InChI is InChI=1S/C14H15N5O4S2/c15-10(21)9-6-3-1-2-4-7(6)25-12(9)16-8(20)5-24-13-11(22)17-14(23)19-18-13/h1-5H2,(H2,15,21)(H,16,20)(H2,17,19,22,23). The summed E-state index contributed by atoms with van der Waals surface area (Å²) in [6, 6.07) is 0. The number of primary amides is 1. The molecule has 25 heavy (non-hydrogen) atoms. The first-order chi connectivity index (χ1) is 12.0. The maximum Gasteiger partial charge on any atom is 0.342 e. The molecule has 0 fully saturated rings. The largest absolute Gasteiger partial charge is 0.365 e. The van der Waals surface area contributed by atoms with Crippen LogP contribution in [-0.2, 0) is 17.6 Å². The van der Waals surface area contributed by atoms with Crippen LogP contribution in [0.15, 0.2) is 14.6 Å². The highest BCUT2D eigenvalue weighted by Crippen LogP contribution is 2.37. The highest BCUT2D eigenvalue weighted by atomic mass is 32.2. The van der Waals surface area contributed by atoms with E-state index in [1.165, 1.54) is 11.3 Å². The smallest absolute Gasteiger partial charge is 0.342 e. The summed E-state index contributed by atoms with van der Waals surface area (Å²) in [6.45, 7) is 0. The average Bonchev–Trinajstić information content (AvgIpc) is 2.91. The summed E-state index contributed by atoms with van der Waals surface area (Å²) in [4.78, 5) is 49.5. The van der Waals surface area contributed by atoms with Crippen LogP contribution in [0, 0.1) is 0 Å². The van der Waals surface area contributed by atoms with Crippen LogP contribution in [0.3, 0.4) is 0 Å². The zero-order valence-electron chi connectivity index (χ0n) is 13.0. The number of carbonyl (C=O) groups excluding carboxylic acids is 2. The molecule has 1 aliphatic rings. The maximum atomic E-state index is 12.2. The van der Waals surface area contributed by atoms with Gasteiger partial charge in [-0.1, -0.05) is 11.8 Å². The number of thioether (sulfide) groups is 1. The Labute approximate surface area is 149 Å². The molecular weight excluding hydrogens is 366 g/mol. The molecule has 2 amide bonds. The van der Waals surface area contributed by atoms with Gasteiger partial charge in [0.25, 0.3) is 11.5 Å². The second-order valence-corrected chi connectivity index (χ2v) is 7.50. The molecule has 0 aromatic carbocycles. The molecule has 0 spiro atoms. The highest BCUT2D eigenvalue weighted by molar-refractivity contribution is 7.99. The third kappa shape index (κ3) is 3.82. The molecule has 1 aliphatic carbocycles. The van der Waals surface area contributed by atoms with E-state index < -0.39 is 23.1 Å². The quantitative estimate of drug-likeness (QED) is 0.544. The van der Waals surface area contributed by atoms with E-state index in [0.29, 0.717) is 10.6 Å². The normalized spacial score (nSPS) is 13.3. The summed E-state index contributed by atoms with van der Waals surface area (Å²) in [5, 5.41) is 8.81. The van der Waals surface area contributed by atoms with E-state index in [-0.39, 0.29) is 10.8 Å². The number of anilines is 1. The molecule has 0 saturated carbocycles. The lowest BCUT2D eigenvalue weighted by molar-refractivity contribution is -0.113. The predicted octanol–water partition coefficient (Wildman–Crippen LogP) is 0.228. The molecular formula is C14H15N5O4S2. The zero-order valence-corrected chi connectivity index (χ0v) is 14.6. The minimum absolute atomic E-state index is 0.0182. The van der Waals surface area contributed by atoms with Crippen molar-refractivity contribution in [1.29, 1.82) is 0 Å². The Balaban J connectivity index is 1.73. The molecule has 0 aliphatic heterocycles. The van der Waals surface area contributed by atoms with Crippen molar-refractivity contribution in [3.05, 3.63) is 36.8 Å². The summed E-state index contributed by atoms with van der Waals surface area (Å²) >= 11 is 2.26. The number of amides is 2. The molecule has 2 aromatic rings. The lowest BCUT2D eigenvalue weighted by Crippen LogP contribution is -2.26. The Morgan fingerprint density at radius 3 is 2.76 bits per heavy atom. The fourth-order valence-electron chi connectivity index (χ4n) is 2.65. The van der Waals surface area contributed by atoms with Gasteiger partial charge in [0.1, 0.15) is 5.00 Å². The van der Waals surface area contributed by atoms with Gasteiger partial charge in [-0.05, 0) is 31.2 Å². The number of hydrogen-bond donors (Lipinski definition) is 4. The number of hydrogen-bond acceptors (Lipinski definition) is 7. The number of H-pyrrole nitrogens is 2. The van der Waals surface area contributed by atoms with Gasteiger partial charge in [-0.25, -0.2) is 9.89 Å². The molecule has 0 bridgehead atoms. The van der Waals surface area contributed by atoms with Crippen LogP contribution in [0.2, 0.25) is 0 Å². The predicted molar refractivity (Wildman–Crippen MR) is 94.3 cm³/mol. The summed E-state index contributed by atoms with van der Waals surface area (Å²) in [5.74, 6) is -1.04. The summed E-state index contributed by atoms with van der Waals surface area (Å²) < 4.78 is 0. The molecule has 2 heterocycles. The number of nitrogens with zero attached hydrogens (tertiary/aromatic N) is 1. The maximum absolute atomic E-state index is 12.2. The molecule has 0 atom stereocenters. The number of rotatable bonds is 5. The van der Waals surface area contributed by atoms with Crippen molar-refractivity contribution in [2.24, 2.45) is 5.73 Å². The van der Waals surface area contributed by atoms with Gasteiger partial charge in [0, 0.05) is 4.88 Å².